The fraction of sp³-hybridized carbons (Fsp3) is 0.833. The Hall–Kier alpha value is -0.200. The minimum Gasteiger partial charge on any atom is -0.333 e. The number of hydrogen-bond donors (Lipinski definition) is 1. The monoisotopic (exact) mass is 176 g/mol. The van der Waals surface area contributed by atoms with Gasteiger partial charge in [0.1, 0.15) is 6.73 Å². The molecule has 0 saturated carbocycles. The third kappa shape index (κ3) is 7.70. The number of nitrogens with zero attached hydrogens (tertiary/aromatic N) is 1. The van der Waals surface area contributed by atoms with Gasteiger partial charge in [-0.15, -0.1) is 0 Å². The molecule has 0 radical (unpaired) electrons. The molecule has 0 aliphatic carbocycles. The van der Waals surface area contributed by atoms with E-state index in [1.807, 2.05) is 12.7 Å². The molecular weight excluding hydrogens is 163 g/mol. The van der Waals surface area contributed by atoms with Gasteiger partial charge in [-0.25, -0.2) is 0 Å². The van der Waals surface area contributed by atoms with E-state index in [1.54, 1.807) is 7.05 Å². The summed E-state index contributed by atoms with van der Waals surface area (Å²) >= 11 is 0. The van der Waals surface area contributed by atoms with Gasteiger partial charge in [0.05, 0.1) is 19.1 Å². The first-order chi connectivity index (χ1) is 5.31. The summed E-state index contributed by atoms with van der Waals surface area (Å²) in [6.07, 6.45) is 0.426. The Morgan fingerprint density at radius 3 is 2.82 bits per heavy atom. The van der Waals surface area contributed by atoms with E-state index in [9.17, 15) is 0 Å². The van der Waals surface area contributed by atoms with Crippen molar-refractivity contribution < 1.29 is 9.05 Å². The summed E-state index contributed by atoms with van der Waals surface area (Å²) in [6, 6.07) is 1.99. The Morgan fingerprint density at radius 2 is 2.27 bits per heavy atom. The molecule has 1 unspecified atom stereocenters. The standard InChI is InChI=1S/C6H13N2O2P/c1-8-6-10-11(2)9-5-3-4-7/h8H,3,5-6H2,1-2H3. The van der Waals surface area contributed by atoms with Crippen LogP contribution in [0.5, 0.6) is 0 Å². The van der Waals surface area contributed by atoms with Crippen LogP contribution in [0, 0.1) is 11.3 Å². The van der Waals surface area contributed by atoms with Crippen LogP contribution in [0.4, 0.5) is 0 Å². The topological polar surface area (TPSA) is 54.3 Å². The second-order valence-corrected chi connectivity index (χ2v) is 3.20. The van der Waals surface area contributed by atoms with Gasteiger partial charge in [0, 0.05) is 6.66 Å². The molecule has 4 nitrogen and oxygen atoms in total. The summed E-state index contributed by atoms with van der Waals surface area (Å²) in [6.45, 7) is 2.82. The molecule has 0 aliphatic heterocycles. The highest BCUT2D eigenvalue weighted by atomic mass is 31.2. The Kier molecular flexibility index (Phi) is 7.76. The lowest BCUT2D eigenvalue weighted by Gasteiger charge is -2.10. The van der Waals surface area contributed by atoms with Crippen molar-refractivity contribution >= 4 is 8.38 Å². The van der Waals surface area contributed by atoms with E-state index in [4.69, 9.17) is 14.3 Å². The van der Waals surface area contributed by atoms with Crippen molar-refractivity contribution in [3.63, 3.8) is 0 Å². The van der Waals surface area contributed by atoms with E-state index < -0.39 is 8.38 Å². The average molecular weight is 176 g/mol. The Balaban J connectivity index is 3.10. The van der Waals surface area contributed by atoms with Crippen LogP contribution in [0.3, 0.4) is 0 Å². The van der Waals surface area contributed by atoms with Crippen LogP contribution in [-0.4, -0.2) is 27.1 Å². The summed E-state index contributed by atoms with van der Waals surface area (Å²) in [5.74, 6) is 0. The lowest BCUT2D eigenvalue weighted by atomic mass is 10.5. The molecule has 11 heavy (non-hydrogen) atoms. The van der Waals surface area contributed by atoms with Crippen LogP contribution in [0.15, 0.2) is 0 Å². The van der Waals surface area contributed by atoms with Crippen molar-refractivity contribution in [2.45, 2.75) is 6.42 Å². The van der Waals surface area contributed by atoms with Crippen LogP contribution in [0.2, 0.25) is 0 Å². The third-order valence-corrected chi connectivity index (χ3v) is 1.92. The molecule has 0 aromatic carbocycles. The van der Waals surface area contributed by atoms with Crippen molar-refractivity contribution in [2.75, 3.05) is 27.1 Å². The summed E-state index contributed by atoms with van der Waals surface area (Å²) in [7, 11) is 0.992. The van der Waals surface area contributed by atoms with Crippen LogP contribution in [0.1, 0.15) is 6.42 Å². The smallest absolute Gasteiger partial charge is 0.168 e. The third-order valence-electron chi connectivity index (χ3n) is 0.878. The minimum atomic E-state index is -0.812. The summed E-state index contributed by atoms with van der Waals surface area (Å²) in [5.41, 5.74) is 0. The SMILES string of the molecule is CNCOP(C)OCCC#N. The number of rotatable bonds is 6. The Labute approximate surface area is 68.4 Å². The molecule has 0 heterocycles. The zero-order valence-electron chi connectivity index (χ0n) is 6.83. The Bertz CT molecular complexity index is 126. The zero-order valence-corrected chi connectivity index (χ0v) is 7.73. The van der Waals surface area contributed by atoms with Gasteiger partial charge >= 0.3 is 0 Å². The number of nitriles is 1. The van der Waals surface area contributed by atoms with E-state index in [2.05, 4.69) is 5.32 Å². The minimum absolute atomic E-state index is 0.426. The molecule has 0 aromatic rings. The highest BCUT2D eigenvalue weighted by Crippen LogP contribution is 2.32. The molecule has 0 fully saturated rings. The van der Waals surface area contributed by atoms with Crippen molar-refractivity contribution in [1.29, 1.82) is 5.26 Å². The van der Waals surface area contributed by atoms with E-state index in [0.29, 0.717) is 19.8 Å². The van der Waals surface area contributed by atoms with Gasteiger partial charge in [-0.1, -0.05) is 0 Å². The molecule has 0 saturated heterocycles. The van der Waals surface area contributed by atoms with Crippen LogP contribution in [-0.2, 0) is 9.05 Å². The normalized spacial score (nSPS) is 12.5. The average Bonchev–Trinajstić information content (AvgIpc) is 2.01. The highest BCUT2D eigenvalue weighted by Gasteiger charge is 1.99. The summed E-state index contributed by atoms with van der Waals surface area (Å²) in [5, 5.41) is 11.0. The van der Waals surface area contributed by atoms with Gasteiger partial charge in [-0.05, 0) is 7.05 Å². The molecule has 0 rings (SSSR count). The summed E-state index contributed by atoms with van der Waals surface area (Å²) < 4.78 is 10.3. The molecule has 1 atom stereocenters. The summed E-state index contributed by atoms with van der Waals surface area (Å²) in [4.78, 5) is 0. The van der Waals surface area contributed by atoms with Gasteiger partial charge in [-0.2, -0.15) is 5.26 Å². The van der Waals surface area contributed by atoms with Crippen molar-refractivity contribution in [3.05, 3.63) is 0 Å². The van der Waals surface area contributed by atoms with E-state index in [1.165, 1.54) is 0 Å². The first-order valence-electron chi connectivity index (χ1n) is 3.32. The van der Waals surface area contributed by atoms with Crippen LogP contribution >= 0.6 is 8.38 Å². The van der Waals surface area contributed by atoms with Crippen molar-refractivity contribution in [1.82, 2.24) is 5.32 Å². The predicted molar refractivity (Wildman–Crippen MR) is 44.0 cm³/mol. The fourth-order valence-electron chi connectivity index (χ4n) is 0.413. The van der Waals surface area contributed by atoms with Crippen LogP contribution in [0.25, 0.3) is 0 Å². The molecule has 0 aromatic heterocycles. The van der Waals surface area contributed by atoms with Gasteiger partial charge in [0.15, 0.2) is 8.38 Å². The molecule has 0 amide bonds. The molecule has 5 heteroatoms. The predicted octanol–water partition coefficient (Wildman–Crippen LogP) is 1.05. The van der Waals surface area contributed by atoms with Gasteiger partial charge in [0.25, 0.3) is 0 Å². The first-order valence-corrected chi connectivity index (χ1v) is 4.95. The van der Waals surface area contributed by atoms with Gasteiger partial charge in [-0.3, -0.25) is 5.32 Å². The lowest BCUT2D eigenvalue weighted by molar-refractivity contribution is 0.246. The van der Waals surface area contributed by atoms with Crippen molar-refractivity contribution in [3.8, 4) is 6.07 Å². The lowest BCUT2D eigenvalue weighted by Crippen LogP contribution is -2.09. The maximum absolute atomic E-state index is 8.18. The second-order valence-electron chi connectivity index (χ2n) is 1.81. The largest absolute Gasteiger partial charge is 0.333 e. The van der Waals surface area contributed by atoms with E-state index in [0.717, 1.165) is 0 Å². The van der Waals surface area contributed by atoms with Gasteiger partial charge in [0.2, 0.25) is 0 Å². The zero-order chi connectivity index (χ0) is 8.53. The molecule has 64 valence electrons. The van der Waals surface area contributed by atoms with E-state index >= 15 is 0 Å². The Morgan fingerprint density at radius 1 is 1.55 bits per heavy atom. The fourth-order valence-corrected chi connectivity index (χ4v) is 1.15. The number of hydrogen-bond acceptors (Lipinski definition) is 4. The molecule has 0 aliphatic rings. The molecular formula is C6H13N2O2P. The van der Waals surface area contributed by atoms with E-state index in [-0.39, 0.29) is 0 Å². The molecule has 1 N–H and O–H groups in total. The highest BCUT2D eigenvalue weighted by molar-refractivity contribution is 7.46. The van der Waals surface area contributed by atoms with Crippen molar-refractivity contribution in [2.24, 2.45) is 0 Å². The maximum atomic E-state index is 8.18. The van der Waals surface area contributed by atoms with Gasteiger partial charge < -0.3 is 9.05 Å². The quantitative estimate of drug-likeness (QED) is 0.373. The first kappa shape index (κ1) is 10.8. The second kappa shape index (κ2) is 7.90. The maximum Gasteiger partial charge on any atom is 0.168 e. The van der Waals surface area contributed by atoms with Crippen LogP contribution < -0.4 is 5.32 Å². The molecule has 0 bridgehead atoms. The molecule has 0 spiro atoms. The number of nitrogens with one attached hydrogen (secondary N) is 1.